The van der Waals surface area contributed by atoms with E-state index in [2.05, 4.69) is 43.5 Å². The Labute approximate surface area is 318 Å². The fourth-order valence-electron chi connectivity index (χ4n) is 4.95. The Morgan fingerprint density at radius 2 is 1.76 bits per heavy atom. The van der Waals surface area contributed by atoms with Gasteiger partial charge in [0.05, 0.1) is 27.4 Å². The molecule has 6 N–H and O–H groups in total. The number of nitrogens with one attached hydrogen (secondary N) is 2. The molecule has 8 atom stereocenters. The number of aromatic nitrogens is 4. The standard InChI is InChI=1S/C27H46N7O17P3S/c1-5-6-15(2)26(39)55-10-9-29-17(35)7-8-30-24(38)21(37)27(3,4)12-48-54(45,46)51-53(43,44)47-11-16-20(50-52(40,41)42)19(36)25(49-16)34-14-33-18-22(28)31-13-32-23(18)34/h13-16,19-21,25,36-37H,5-12H2,1-4H3,(H,29,35)(H,30,38)(H,43,44)(H,45,46)(H2,28,31,32)(H2,40,41,42)/p-4/t15?,16-,19-,20-,21+,25-/m1/s1. The molecule has 0 bridgehead atoms. The minimum absolute atomic E-state index is 0.0203. The van der Waals surface area contributed by atoms with Crippen molar-refractivity contribution in [3.63, 3.8) is 0 Å². The third-order valence-electron chi connectivity index (χ3n) is 7.85. The average molecular weight is 862 g/mol. The molecule has 0 saturated carbocycles. The van der Waals surface area contributed by atoms with E-state index in [9.17, 15) is 57.9 Å². The molecule has 3 rings (SSSR count). The molecule has 2 aromatic rings. The number of carbonyl (C=O) groups excluding carboxylic acids is 3. The number of carbonyl (C=O) groups is 3. The Morgan fingerprint density at radius 1 is 1.09 bits per heavy atom. The van der Waals surface area contributed by atoms with Crippen LogP contribution in [-0.4, -0.2) is 103 Å². The van der Waals surface area contributed by atoms with E-state index in [0.717, 1.165) is 41.8 Å². The zero-order chi connectivity index (χ0) is 41.4. The monoisotopic (exact) mass is 861 g/mol. The SMILES string of the molecule is CCCC(C)C(=O)SCCNC(=O)CCNC(=O)[C@H](O)C(C)(C)COP(=O)([O-])OP(=O)([O-])OC[C@H]1O[C@@H](n2cnc3c(N)ncnc32)[C@H](O)[C@@H]1OP(=O)([O-])[O-]. The number of aliphatic hydroxyl groups is 2. The molecule has 1 aliphatic heterocycles. The first-order valence-electron chi connectivity index (χ1n) is 16.5. The van der Waals surface area contributed by atoms with Crippen LogP contribution in [0.15, 0.2) is 12.7 Å². The number of amides is 2. The highest BCUT2D eigenvalue weighted by Crippen LogP contribution is 2.56. The van der Waals surface area contributed by atoms with Gasteiger partial charge in [-0.25, -0.2) is 19.3 Å². The van der Waals surface area contributed by atoms with Gasteiger partial charge in [-0.1, -0.05) is 45.9 Å². The maximum atomic E-state index is 12.5. The number of thioether (sulfide) groups is 1. The van der Waals surface area contributed by atoms with Crippen molar-refractivity contribution in [1.82, 2.24) is 30.2 Å². The second-order valence-corrected chi connectivity index (χ2v) is 18.0. The summed E-state index contributed by atoms with van der Waals surface area (Å²) >= 11 is 1.11. The summed E-state index contributed by atoms with van der Waals surface area (Å²) in [5.41, 5.74) is 4.07. The number of nitrogens with zero attached hydrogens (tertiary/aromatic N) is 4. The second kappa shape index (κ2) is 19.8. The number of fused-ring (bicyclic) bond motifs is 1. The van der Waals surface area contributed by atoms with E-state index in [1.807, 2.05) is 13.8 Å². The normalized spacial score (nSPS) is 22.4. The van der Waals surface area contributed by atoms with Crippen molar-refractivity contribution in [3.8, 4) is 0 Å². The molecule has 2 aromatic heterocycles. The van der Waals surface area contributed by atoms with Crippen LogP contribution in [0.4, 0.5) is 5.82 Å². The molecule has 0 spiro atoms. The van der Waals surface area contributed by atoms with E-state index in [4.69, 9.17) is 10.5 Å². The van der Waals surface area contributed by atoms with Crippen molar-refractivity contribution in [2.24, 2.45) is 11.3 Å². The Kier molecular flexibility index (Phi) is 16.9. The maximum Gasteiger partial charge on any atom is 0.274 e. The van der Waals surface area contributed by atoms with Gasteiger partial charge in [0, 0.05) is 36.6 Å². The van der Waals surface area contributed by atoms with Gasteiger partial charge in [-0.2, -0.15) is 0 Å². The number of hydrogen-bond donors (Lipinski definition) is 5. The van der Waals surface area contributed by atoms with Gasteiger partial charge in [0.15, 0.2) is 22.8 Å². The zero-order valence-electron chi connectivity index (χ0n) is 29.9. The fraction of sp³-hybridized carbons (Fsp3) is 0.704. The van der Waals surface area contributed by atoms with Crippen LogP contribution in [0.1, 0.15) is 53.2 Å². The second-order valence-electron chi connectivity index (χ2n) is 12.8. The number of hydrogen-bond acceptors (Lipinski definition) is 22. The summed E-state index contributed by atoms with van der Waals surface area (Å²) in [6.07, 6.45) is -5.92. The molecule has 2 amide bonds. The Balaban J connectivity index is 1.50. The molecule has 28 heteroatoms. The third kappa shape index (κ3) is 14.2. The van der Waals surface area contributed by atoms with Crippen molar-refractivity contribution in [2.75, 3.05) is 37.8 Å². The van der Waals surface area contributed by atoms with Gasteiger partial charge in [0.25, 0.3) is 15.6 Å². The van der Waals surface area contributed by atoms with Gasteiger partial charge in [-0.05, 0) is 6.42 Å². The lowest BCUT2D eigenvalue weighted by molar-refractivity contribution is -0.347. The molecule has 1 aliphatic rings. The van der Waals surface area contributed by atoms with Gasteiger partial charge in [0.2, 0.25) is 11.8 Å². The first-order valence-corrected chi connectivity index (χ1v) is 21.8. The summed E-state index contributed by atoms with van der Waals surface area (Å²) < 4.78 is 60.4. The highest BCUT2D eigenvalue weighted by Gasteiger charge is 2.47. The predicted molar refractivity (Wildman–Crippen MR) is 182 cm³/mol. The third-order valence-corrected chi connectivity index (χ3v) is 12.0. The van der Waals surface area contributed by atoms with Crippen LogP contribution < -0.4 is 35.9 Å². The lowest BCUT2D eigenvalue weighted by Gasteiger charge is -2.36. The number of nitrogen functional groups attached to an aromatic ring is 1. The van der Waals surface area contributed by atoms with E-state index >= 15 is 0 Å². The number of phosphoric acid groups is 3. The molecule has 3 unspecified atom stereocenters. The summed E-state index contributed by atoms with van der Waals surface area (Å²) in [7, 11) is -17.6. The quantitative estimate of drug-likeness (QED) is 0.0607. The molecular formula is C27H42N7O17P3S-4. The topological polar surface area (TPSA) is 375 Å². The number of anilines is 1. The number of phosphoric ester groups is 3. The van der Waals surface area contributed by atoms with Crippen LogP contribution >= 0.6 is 35.2 Å². The predicted octanol–water partition coefficient (Wildman–Crippen LogP) is -2.43. The molecule has 0 aromatic carbocycles. The van der Waals surface area contributed by atoms with E-state index in [1.165, 1.54) is 13.8 Å². The maximum absolute atomic E-state index is 12.5. The minimum Gasteiger partial charge on any atom is -0.790 e. The summed E-state index contributed by atoms with van der Waals surface area (Å²) in [6.45, 7) is 3.94. The van der Waals surface area contributed by atoms with Crippen LogP contribution in [0.3, 0.4) is 0 Å². The van der Waals surface area contributed by atoms with Gasteiger partial charge >= 0.3 is 0 Å². The minimum atomic E-state index is -5.91. The van der Waals surface area contributed by atoms with Crippen LogP contribution in [0.5, 0.6) is 0 Å². The highest BCUT2D eigenvalue weighted by atomic mass is 32.2. The summed E-state index contributed by atoms with van der Waals surface area (Å²) in [5, 5.41) is 26.2. The van der Waals surface area contributed by atoms with Crippen LogP contribution in [0.25, 0.3) is 11.2 Å². The van der Waals surface area contributed by atoms with Crippen LogP contribution in [0, 0.1) is 11.3 Å². The number of aliphatic hydroxyl groups excluding tert-OH is 2. The highest BCUT2D eigenvalue weighted by molar-refractivity contribution is 8.13. The molecule has 1 saturated heterocycles. The lowest BCUT2D eigenvalue weighted by atomic mass is 9.87. The van der Waals surface area contributed by atoms with Crippen molar-refractivity contribution in [3.05, 3.63) is 12.7 Å². The molecule has 0 aliphatic carbocycles. The van der Waals surface area contributed by atoms with Crippen molar-refractivity contribution < 1.29 is 80.5 Å². The Hall–Kier alpha value is -2.44. The number of rotatable bonds is 22. The van der Waals surface area contributed by atoms with Crippen LogP contribution in [0.2, 0.25) is 0 Å². The van der Waals surface area contributed by atoms with E-state index in [1.54, 1.807) is 0 Å². The van der Waals surface area contributed by atoms with Gasteiger partial charge in [-0.3, -0.25) is 28.1 Å². The molecule has 1 fully saturated rings. The molecule has 3 heterocycles. The number of nitrogens with two attached hydrogens (primary N) is 1. The fourth-order valence-corrected chi connectivity index (χ4v) is 8.50. The lowest BCUT2D eigenvalue weighted by Crippen LogP contribution is -2.46. The largest absolute Gasteiger partial charge is 0.790 e. The zero-order valence-corrected chi connectivity index (χ0v) is 33.4. The summed E-state index contributed by atoms with van der Waals surface area (Å²) in [5.74, 6) is -1.26. The summed E-state index contributed by atoms with van der Waals surface area (Å²) in [6, 6.07) is 0. The van der Waals surface area contributed by atoms with Gasteiger partial charge in [-0.15, -0.1) is 0 Å². The molecule has 55 heavy (non-hydrogen) atoms. The first-order chi connectivity index (χ1) is 25.5. The average Bonchev–Trinajstić information content (AvgIpc) is 3.64. The summed E-state index contributed by atoms with van der Waals surface area (Å²) in [4.78, 5) is 96.0. The smallest absolute Gasteiger partial charge is 0.274 e. The Morgan fingerprint density at radius 3 is 2.42 bits per heavy atom. The van der Waals surface area contributed by atoms with E-state index in [-0.39, 0.29) is 47.5 Å². The van der Waals surface area contributed by atoms with E-state index < -0.39 is 84.6 Å². The molecule has 312 valence electrons. The van der Waals surface area contributed by atoms with Crippen molar-refractivity contribution >= 4 is 69.1 Å². The van der Waals surface area contributed by atoms with Gasteiger partial charge in [0.1, 0.15) is 36.3 Å². The molecule has 24 nitrogen and oxygen atoms in total. The number of imidazole rings is 1. The van der Waals surface area contributed by atoms with Crippen molar-refractivity contribution in [1.29, 1.82) is 0 Å². The van der Waals surface area contributed by atoms with Gasteiger partial charge < -0.3 is 69.0 Å². The number of ether oxygens (including phenoxy) is 1. The van der Waals surface area contributed by atoms with E-state index in [0.29, 0.717) is 5.75 Å². The van der Waals surface area contributed by atoms with Crippen LogP contribution in [-0.2, 0) is 50.7 Å². The van der Waals surface area contributed by atoms with Crippen molar-refractivity contribution in [2.45, 2.75) is 77.6 Å². The molecular weight excluding hydrogens is 819 g/mol. The Bertz CT molecular complexity index is 1800. The first kappa shape index (κ1) is 46.9. The molecule has 0 radical (unpaired) electrons.